The van der Waals surface area contributed by atoms with Gasteiger partial charge in [0.15, 0.2) is 0 Å². The van der Waals surface area contributed by atoms with Crippen molar-refractivity contribution in [2.75, 3.05) is 26.8 Å². The largest absolute Gasteiger partial charge is 0.493 e. The van der Waals surface area contributed by atoms with E-state index in [0.717, 1.165) is 31.0 Å². The summed E-state index contributed by atoms with van der Waals surface area (Å²) in [5, 5.41) is 3.33. The highest BCUT2D eigenvalue weighted by Crippen LogP contribution is 2.16. The lowest BCUT2D eigenvalue weighted by molar-refractivity contribution is -0.140. The molecule has 0 saturated carbocycles. The van der Waals surface area contributed by atoms with E-state index in [-0.39, 0.29) is 5.97 Å². The van der Waals surface area contributed by atoms with Gasteiger partial charge in [0, 0.05) is 18.9 Å². The Labute approximate surface area is 114 Å². The summed E-state index contributed by atoms with van der Waals surface area (Å²) >= 11 is 0. The Morgan fingerprint density at radius 3 is 2.79 bits per heavy atom. The first-order valence-electron chi connectivity index (χ1n) is 6.77. The third-order valence-electron chi connectivity index (χ3n) is 3.42. The predicted octanol–water partition coefficient (Wildman–Crippen LogP) is 1.78. The molecule has 0 radical (unpaired) electrons. The summed E-state index contributed by atoms with van der Waals surface area (Å²) in [6.07, 6.45) is 2.32. The number of esters is 1. The van der Waals surface area contributed by atoms with Crippen LogP contribution >= 0.6 is 0 Å². The van der Waals surface area contributed by atoms with Crippen LogP contribution in [0.15, 0.2) is 24.3 Å². The SMILES string of the molecule is COC(=O)CCc1ccc(OCC2CCNC2)cc1. The Morgan fingerprint density at radius 2 is 2.16 bits per heavy atom. The van der Waals surface area contributed by atoms with E-state index < -0.39 is 0 Å². The fourth-order valence-electron chi connectivity index (χ4n) is 2.17. The number of rotatable bonds is 6. The molecule has 0 bridgehead atoms. The van der Waals surface area contributed by atoms with Gasteiger partial charge < -0.3 is 14.8 Å². The smallest absolute Gasteiger partial charge is 0.305 e. The third kappa shape index (κ3) is 4.56. The monoisotopic (exact) mass is 263 g/mol. The zero-order valence-corrected chi connectivity index (χ0v) is 11.4. The lowest BCUT2D eigenvalue weighted by atomic mass is 10.1. The lowest BCUT2D eigenvalue weighted by Crippen LogP contribution is -2.15. The summed E-state index contributed by atoms with van der Waals surface area (Å²) in [6.45, 7) is 2.92. The highest BCUT2D eigenvalue weighted by molar-refractivity contribution is 5.69. The maximum absolute atomic E-state index is 11.0. The zero-order valence-electron chi connectivity index (χ0n) is 11.4. The minimum atomic E-state index is -0.172. The second-order valence-corrected chi connectivity index (χ2v) is 4.89. The molecule has 19 heavy (non-hydrogen) atoms. The third-order valence-corrected chi connectivity index (χ3v) is 3.42. The van der Waals surface area contributed by atoms with E-state index in [1.165, 1.54) is 13.5 Å². The summed E-state index contributed by atoms with van der Waals surface area (Å²) in [5.74, 6) is 1.35. The van der Waals surface area contributed by atoms with Crippen molar-refractivity contribution in [2.24, 2.45) is 5.92 Å². The molecule has 4 nitrogen and oxygen atoms in total. The molecule has 1 unspecified atom stereocenters. The van der Waals surface area contributed by atoms with Gasteiger partial charge in [0.25, 0.3) is 0 Å². The van der Waals surface area contributed by atoms with Crippen molar-refractivity contribution < 1.29 is 14.3 Å². The Kier molecular flexibility index (Phi) is 5.21. The van der Waals surface area contributed by atoms with E-state index in [0.29, 0.717) is 18.8 Å². The molecule has 104 valence electrons. The molecule has 1 fully saturated rings. The molecule has 0 amide bonds. The molecular weight excluding hydrogens is 242 g/mol. The van der Waals surface area contributed by atoms with E-state index in [1.807, 2.05) is 24.3 Å². The number of nitrogens with one attached hydrogen (secondary N) is 1. The number of hydrogen-bond donors (Lipinski definition) is 1. The van der Waals surface area contributed by atoms with E-state index in [1.54, 1.807) is 0 Å². The zero-order chi connectivity index (χ0) is 13.5. The Morgan fingerprint density at radius 1 is 1.37 bits per heavy atom. The van der Waals surface area contributed by atoms with Gasteiger partial charge in [-0.25, -0.2) is 0 Å². The van der Waals surface area contributed by atoms with Gasteiger partial charge in [-0.1, -0.05) is 12.1 Å². The molecule has 1 aliphatic rings. The predicted molar refractivity (Wildman–Crippen MR) is 73.3 cm³/mol. The summed E-state index contributed by atoms with van der Waals surface area (Å²) in [4.78, 5) is 11.0. The molecule has 1 aromatic rings. The van der Waals surface area contributed by atoms with Crippen LogP contribution < -0.4 is 10.1 Å². The van der Waals surface area contributed by atoms with Crippen LogP contribution in [0.1, 0.15) is 18.4 Å². The van der Waals surface area contributed by atoms with Gasteiger partial charge in [-0.05, 0) is 37.1 Å². The Balaban J connectivity index is 1.75. The van der Waals surface area contributed by atoms with E-state index in [4.69, 9.17) is 4.74 Å². The highest BCUT2D eigenvalue weighted by atomic mass is 16.5. The summed E-state index contributed by atoms with van der Waals surface area (Å²) in [7, 11) is 1.41. The van der Waals surface area contributed by atoms with Gasteiger partial charge in [-0.3, -0.25) is 4.79 Å². The van der Waals surface area contributed by atoms with Crippen LogP contribution in [0.4, 0.5) is 0 Å². The normalized spacial score (nSPS) is 18.3. The summed E-state index contributed by atoms with van der Waals surface area (Å²) in [6, 6.07) is 7.94. The second kappa shape index (κ2) is 7.14. The molecule has 1 N–H and O–H groups in total. The van der Waals surface area contributed by atoms with Gasteiger partial charge in [0.1, 0.15) is 5.75 Å². The summed E-state index contributed by atoms with van der Waals surface area (Å²) < 4.78 is 10.4. The molecular formula is C15H21NO3. The number of ether oxygens (including phenoxy) is 2. The molecule has 0 spiro atoms. The van der Waals surface area contributed by atoms with Crippen molar-refractivity contribution in [2.45, 2.75) is 19.3 Å². The maximum atomic E-state index is 11.0. The van der Waals surface area contributed by atoms with Gasteiger partial charge in [0.2, 0.25) is 0 Å². The fraction of sp³-hybridized carbons (Fsp3) is 0.533. The number of methoxy groups -OCH3 is 1. The second-order valence-electron chi connectivity index (χ2n) is 4.89. The minimum absolute atomic E-state index is 0.172. The van der Waals surface area contributed by atoms with Crippen LogP contribution in [0.2, 0.25) is 0 Å². The summed E-state index contributed by atoms with van der Waals surface area (Å²) in [5.41, 5.74) is 1.13. The van der Waals surface area contributed by atoms with Gasteiger partial charge >= 0.3 is 5.97 Å². The minimum Gasteiger partial charge on any atom is -0.493 e. The number of carbonyl (C=O) groups is 1. The first-order valence-corrected chi connectivity index (χ1v) is 6.77. The van der Waals surface area contributed by atoms with Crippen LogP contribution in [0.3, 0.4) is 0 Å². The lowest BCUT2D eigenvalue weighted by Gasteiger charge is -2.11. The van der Waals surface area contributed by atoms with Crippen LogP contribution in [-0.2, 0) is 16.0 Å². The molecule has 1 aromatic carbocycles. The van der Waals surface area contributed by atoms with Crippen LogP contribution in [0, 0.1) is 5.92 Å². The van der Waals surface area contributed by atoms with E-state index in [9.17, 15) is 4.79 Å². The van der Waals surface area contributed by atoms with Crippen molar-refractivity contribution in [1.82, 2.24) is 5.32 Å². The maximum Gasteiger partial charge on any atom is 0.305 e. The standard InChI is InChI=1S/C15H21NO3/c1-18-15(17)7-4-12-2-5-14(6-3-12)19-11-13-8-9-16-10-13/h2-3,5-6,13,16H,4,7-11H2,1H3. The van der Waals surface area contributed by atoms with Crippen molar-refractivity contribution in [3.05, 3.63) is 29.8 Å². The van der Waals surface area contributed by atoms with E-state index in [2.05, 4.69) is 10.1 Å². The average Bonchev–Trinajstić information content (AvgIpc) is 2.97. The van der Waals surface area contributed by atoms with Crippen LogP contribution in [0.5, 0.6) is 5.75 Å². The van der Waals surface area contributed by atoms with Crippen LogP contribution in [-0.4, -0.2) is 32.8 Å². The number of carbonyl (C=O) groups excluding carboxylic acids is 1. The van der Waals surface area contributed by atoms with Crippen molar-refractivity contribution in [1.29, 1.82) is 0 Å². The van der Waals surface area contributed by atoms with Crippen molar-refractivity contribution in [3.63, 3.8) is 0 Å². The van der Waals surface area contributed by atoms with Crippen molar-refractivity contribution >= 4 is 5.97 Å². The number of aryl methyl sites for hydroxylation is 1. The molecule has 2 rings (SSSR count). The molecule has 1 heterocycles. The molecule has 0 aromatic heterocycles. The quantitative estimate of drug-likeness (QED) is 0.795. The average molecular weight is 263 g/mol. The fourth-order valence-corrected chi connectivity index (χ4v) is 2.17. The topological polar surface area (TPSA) is 47.6 Å². The molecule has 1 saturated heterocycles. The number of benzene rings is 1. The first kappa shape index (κ1) is 13.9. The Bertz CT molecular complexity index is 396. The van der Waals surface area contributed by atoms with Gasteiger partial charge in [-0.2, -0.15) is 0 Å². The Hall–Kier alpha value is -1.55. The molecule has 1 atom stereocenters. The van der Waals surface area contributed by atoms with E-state index >= 15 is 0 Å². The number of hydrogen-bond acceptors (Lipinski definition) is 4. The highest BCUT2D eigenvalue weighted by Gasteiger charge is 2.14. The first-order chi connectivity index (χ1) is 9.28. The molecule has 0 aliphatic carbocycles. The van der Waals surface area contributed by atoms with Crippen molar-refractivity contribution in [3.8, 4) is 5.75 Å². The molecule has 1 aliphatic heterocycles. The molecule has 4 heteroatoms. The van der Waals surface area contributed by atoms with Gasteiger partial charge in [-0.15, -0.1) is 0 Å². The van der Waals surface area contributed by atoms with Crippen LogP contribution in [0.25, 0.3) is 0 Å². The van der Waals surface area contributed by atoms with Gasteiger partial charge in [0.05, 0.1) is 13.7 Å².